The highest BCUT2D eigenvalue weighted by Gasteiger charge is 2.24. The van der Waals surface area contributed by atoms with E-state index in [0.29, 0.717) is 41.4 Å². The Labute approximate surface area is 177 Å². The average Bonchev–Trinajstić information content (AvgIpc) is 3.15. The van der Waals surface area contributed by atoms with Crippen molar-refractivity contribution in [3.63, 3.8) is 0 Å². The molecule has 0 unspecified atom stereocenters. The Morgan fingerprint density at radius 1 is 1.13 bits per heavy atom. The van der Waals surface area contributed by atoms with Gasteiger partial charge in [0.15, 0.2) is 5.82 Å². The molecule has 7 N–H and O–H groups in total. The van der Waals surface area contributed by atoms with Crippen LogP contribution in [0.15, 0.2) is 48.5 Å². The topological polar surface area (TPSA) is 148 Å². The summed E-state index contributed by atoms with van der Waals surface area (Å²) >= 11 is 0. The second kappa shape index (κ2) is 8.27. The van der Waals surface area contributed by atoms with Crippen molar-refractivity contribution in [1.82, 2.24) is 15.3 Å². The smallest absolute Gasteiger partial charge is 0.267 e. The fourth-order valence-electron chi connectivity index (χ4n) is 3.19. The molecule has 31 heavy (non-hydrogen) atoms. The number of benzene rings is 2. The first-order chi connectivity index (χ1) is 14.9. The van der Waals surface area contributed by atoms with Crippen LogP contribution in [0.2, 0.25) is 0 Å². The van der Waals surface area contributed by atoms with Crippen molar-refractivity contribution < 1.29 is 14.0 Å². The van der Waals surface area contributed by atoms with Crippen molar-refractivity contribution in [2.45, 2.75) is 12.5 Å². The molecular formula is C21H20FN7O2. The van der Waals surface area contributed by atoms with E-state index in [-0.39, 0.29) is 23.2 Å². The molecule has 0 saturated carbocycles. The summed E-state index contributed by atoms with van der Waals surface area (Å²) in [4.78, 5) is 32.2. The zero-order valence-electron chi connectivity index (χ0n) is 16.4. The lowest BCUT2D eigenvalue weighted by atomic mass is 10.1. The van der Waals surface area contributed by atoms with Crippen molar-refractivity contribution in [2.24, 2.45) is 5.73 Å². The summed E-state index contributed by atoms with van der Waals surface area (Å²) in [5.41, 5.74) is 13.9. The maximum atomic E-state index is 13.1. The minimum atomic E-state index is -0.717. The van der Waals surface area contributed by atoms with Crippen LogP contribution in [-0.4, -0.2) is 34.4 Å². The standard InChI is InChI=1S/C21H20FN7O2/c22-12-2-4-13(5-3-12)26-15-6-1-11(9-14(15)23)20-28-17(19(24)30)10-18(29-20)27-16-7-8-25-21(16)31/h1-6,9-10,16,26H,7-8,23H2,(H2,24,30)(H,25,31)(H,27,28,29)/t16-/m0/s1. The molecule has 4 rings (SSSR count). The molecule has 10 heteroatoms. The molecule has 1 saturated heterocycles. The highest BCUT2D eigenvalue weighted by atomic mass is 19.1. The van der Waals surface area contributed by atoms with Crippen LogP contribution in [0.5, 0.6) is 0 Å². The number of halogens is 1. The lowest BCUT2D eigenvalue weighted by Gasteiger charge is -2.14. The first-order valence-corrected chi connectivity index (χ1v) is 9.54. The summed E-state index contributed by atoms with van der Waals surface area (Å²) in [7, 11) is 0. The van der Waals surface area contributed by atoms with Crippen LogP contribution < -0.4 is 27.4 Å². The summed E-state index contributed by atoms with van der Waals surface area (Å²) in [5.74, 6) is -0.642. The van der Waals surface area contributed by atoms with Gasteiger partial charge in [0.1, 0.15) is 23.4 Å². The van der Waals surface area contributed by atoms with E-state index in [1.54, 1.807) is 30.3 Å². The van der Waals surface area contributed by atoms with Gasteiger partial charge in [0.05, 0.1) is 11.4 Å². The van der Waals surface area contributed by atoms with Gasteiger partial charge in [-0.25, -0.2) is 14.4 Å². The minimum Gasteiger partial charge on any atom is -0.397 e. The number of hydrogen-bond acceptors (Lipinski definition) is 7. The lowest BCUT2D eigenvalue weighted by molar-refractivity contribution is -0.119. The van der Waals surface area contributed by atoms with E-state index in [9.17, 15) is 14.0 Å². The number of carbonyl (C=O) groups excluding carboxylic acids is 2. The number of hydrogen-bond donors (Lipinski definition) is 5. The first-order valence-electron chi connectivity index (χ1n) is 9.54. The number of anilines is 4. The lowest BCUT2D eigenvalue weighted by Crippen LogP contribution is -2.30. The number of nitrogen functional groups attached to an aromatic ring is 1. The molecule has 1 atom stereocenters. The molecule has 0 bridgehead atoms. The number of carbonyl (C=O) groups is 2. The Morgan fingerprint density at radius 3 is 2.55 bits per heavy atom. The summed E-state index contributed by atoms with van der Waals surface area (Å²) in [6, 6.07) is 11.9. The molecule has 158 valence electrons. The highest BCUT2D eigenvalue weighted by molar-refractivity contribution is 5.92. The average molecular weight is 421 g/mol. The molecule has 3 aromatic rings. The molecule has 1 fully saturated rings. The van der Waals surface area contributed by atoms with Gasteiger partial charge in [-0.2, -0.15) is 0 Å². The Kier molecular flexibility index (Phi) is 5.35. The van der Waals surface area contributed by atoms with Crippen molar-refractivity contribution in [3.8, 4) is 11.4 Å². The predicted octanol–water partition coefficient (Wildman–Crippen LogP) is 2.01. The fraction of sp³-hybridized carbons (Fsp3) is 0.143. The van der Waals surface area contributed by atoms with E-state index in [2.05, 4.69) is 25.9 Å². The monoisotopic (exact) mass is 421 g/mol. The second-order valence-corrected chi connectivity index (χ2v) is 7.04. The predicted molar refractivity (Wildman–Crippen MR) is 115 cm³/mol. The van der Waals surface area contributed by atoms with Crippen molar-refractivity contribution in [2.75, 3.05) is 22.9 Å². The number of nitrogens with one attached hydrogen (secondary N) is 3. The molecule has 2 aromatic carbocycles. The highest BCUT2D eigenvalue weighted by Crippen LogP contribution is 2.28. The molecule has 0 radical (unpaired) electrons. The van der Waals surface area contributed by atoms with Gasteiger partial charge in [0.2, 0.25) is 5.91 Å². The molecular weight excluding hydrogens is 401 g/mol. The number of primary amides is 1. The summed E-state index contributed by atoms with van der Waals surface area (Å²) in [6.45, 7) is 0.566. The first kappa shape index (κ1) is 20.1. The quantitative estimate of drug-likeness (QED) is 0.382. The summed E-state index contributed by atoms with van der Waals surface area (Å²) < 4.78 is 13.1. The van der Waals surface area contributed by atoms with Crippen LogP contribution in [0.25, 0.3) is 11.4 Å². The largest absolute Gasteiger partial charge is 0.397 e. The maximum absolute atomic E-state index is 13.1. The molecule has 2 heterocycles. The van der Waals surface area contributed by atoms with Crippen LogP contribution in [0.3, 0.4) is 0 Å². The third kappa shape index (κ3) is 4.53. The third-order valence-corrected chi connectivity index (χ3v) is 4.78. The summed E-state index contributed by atoms with van der Waals surface area (Å²) in [5, 5.41) is 8.85. The van der Waals surface area contributed by atoms with Crippen molar-refractivity contribution in [3.05, 3.63) is 60.0 Å². The Hall–Kier alpha value is -4.21. The van der Waals surface area contributed by atoms with Gasteiger partial charge in [-0.1, -0.05) is 0 Å². The Morgan fingerprint density at radius 2 is 1.90 bits per heavy atom. The van der Waals surface area contributed by atoms with Crippen molar-refractivity contribution >= 4 is 34.7 Å². The minimum absolute atomic E-state index is 0.0120. The third-order valence-electron chi connectivity index (χ3n) is 4.78. The normalized spacial score (nSPS) is 15.4. The Balaban J connectivity index is 1.63. The van der Waals surface area contributed by atoms with E-state index in [0.717, 1.165) is 0 Å². The zero-order valence-corrected chi connectivity index (χ0v) is 16.4. The van der Waals surface area contributed by atoms with Crippen LogP contribution in [-0.2, 0) is 4.79 Å². The second-order valence-electron chi connectivity index (χ2n) is 7.04. The number of amides is 2. The van der Waals surface area contributed by atoms with E-state index < -0.39 is 11.9 Å². The Bertz CT molecular complexity index is 1150. The van der Waals surface area contributed by atoms with Crippen LogP contribution in [0.1, 0.15) is 16.9 Å². The van der Waals surface area contributed by atoms with Gasteiger partial charge in [-0.15, -0.1) is 0 Å². The molecule has 0 aliphatic carbocycles. The van der Waals surface area contributed by atoms with E-state index in [4.69, 9.17) is 11.5 Å². The molecule has 0 spiro atoms. The zero-order chi connectivity index (χ0) is 22.0. The molecule has 1 aromatic heterocycles. The van der Waals surface area contributed by atoms with Gasteiger partial charge in [-0.3, -0.25) is 9.59 Å². The van der Waals surface area contributed by atoms with E-state index in [1.807, 2.05) is 0 Å². The SMILES string of the molecule is NC(=O)c1cc(N[C@H]2CCNC2=O)nc(-c2ccc(Nc3ccc(F)cc3)c(N)c2)n1. The van der Waals surface area contributed by atoms with Gasteiger partial charge in [-0.05, 0) is 48.9 Å². The molecule has 2 amide bonds. The van der Waals surface area contributed by atoms with Crippen LogP contribution in [0, 0.1) is 5.82 Å². The molecule has 1 aliphatic heterocycles. The van der Waals surface area contributed by atoms with Crippen LogP contribution in [0.4, 0.5) is 27.3 Å². The number of aromatic nitrogens is 2. The molecule has 9 nitrogen and oxygen atoms in total. The van der Waals surface area contributed by atoms with Gasteiger partial charge < -0.3 is 27.4 Å². The van der Waals surface area contributed by atoms with Gasteiger partial charge in [0, 0.05) is 23.9 Å². The van der Waals surface area contributed by atoms with Crippen molar-refractivity contribution in [1.29, 1.82) is 0 Å². The van der Waals surface area contributed by atoms with E-state index >= 15 is 0 Å². The van der Waals surface area contributed by atoms with Gasteiger partial charge >= 0.3 is 0 Å². The van der Waals surface area contributed by atoms with E-state index in [1.165, 1.54) is 18.2 Å². The maximum Gasteiger partial charge on any atom is 0.267 e. The number of nitrogens with zero attached hydrogens (tertiary/aromatic N) is 2. The number of nitrogens with two attached hydrogens (primary N) is 2. The van der Waals surface area contributed by atoms with Gasteiger partial charge in [0.25, 0.3) is 5.91 Å². The fourth-order valence-corrected chi connectivity index (χ4v) is 3.19. The summed E-state index contributed by atoms with van der Waals surface area (Å²) in [6.07, 6.45) is 0.598. The molecule has 1 aliphatic rings. The van der Waals surface area contributed by atoms with Crippen LogP contribution >= 0.6 is 0 Å². The number of rotatable bonds is 6.